The number of nitriles is 1. The Balaban J connectivity index is 2.31. The number of rotatable bonds is 2. The summed E-state index contributed by atoms with van der Waals surface area (Å²) in [5.41, 5.74) is 0.255. The Kier molecular flexibility index (Phi) is 3.62. The zero-order valence-corrected chi connectivity index (χ0v) is 11.6. The Morgan fingerprint density at radius 3 is 2.42 bits per heavy atom. The molecule has 19 heavy (non-hydrogen) atoms. The molecule has 0 bridgehead atoms. The van der Waals surface area contributed by atoms with Crippen LogP contribution in [0.1, 0.15) is 5.56 Å². The highest BCUT2D eigenvalue weighted by Crippen LogP contribution is 2.19. The SMILES string of the molecule is N#Cc1cccc(S(=O)(=O)N2CCS(=O)(=O)CC2)c1. The number of hydrogen-bond donors (Lipinski definition) is 0. The van der Waals surface area contributed by atoms with E-state index in [4.69, 9.17) is 5.26 Å². The molecule has 0 spiro atoms. The van der Waals surface area contributed by atoms with Gasteiger partial charge in [-0.15, -0.1) is 0 Å². The van der Waals surface area contributed by atoms with E-state index in [1.54, 1.807) is 0 Å². The Morgan fingerprint density at radius 2 is 1.84 bits per heavy atom. The third-order valence-electron chi connectivity index (χ3n) is 2.90. The van der Waals surface area contributed by atoms with Crippen LogP contribution in [0.3, 0.4) is 0 Å². The highest BCUT2D eigenvalue weighted by atomic mass is 32.2. The van der Waals surface area contributed by atoms with Crippen LogP contribution in [0, 0.1) is 11.3 Å². The Hall–Kier alpha value is -1.43. The van der Waals surface area contributed by atoms with E-state index in [0.29, 0.717) is 0 Å². The fourth-order valence-electron chi connectivity index (χ4n) is 1.81. The average Bonchev–Trinajstić information content (AvgIpc) is 2.38. The fraction of sp³-hybridized carbons (Fsp3) is 0.364. The van der Waals surface area contributed by atoms with Crippen molar-refractivity contribution in [3.63, 3.8) is 0 Å². The van der Waals surface area contributed by atoms with Gasteiger partial charge >= 0.3 is 0 Å². The number of hydrogen-bond acceptors (Lipinski definition) is 5. The molecule has 1 aliphatic rings. The van der Waals surface area contributed by atoms with Crippen molar-refractivity contribution in [3.8, 4) is 6.07 Å². The molecular weight excluding hydrogens is 288 g/mol. The lowest BCUT2D eigenvalue weighted by atomic mass is 10.2. The molecule has 0 N–H and O–H groups in total. The van der Waals surface area contributed by atoms with Gasteiger partial charge in [0.05, 0.1) is 28.0 Å². The van der Waals surface area contributed by atoms with Gasteiger partial charge in [0.25, 0.3) is 0 Å². The van der Waals surface area contributed by atoms with Gasteiger partial charge in [0, 0.05) is 13.1 Å². The van der Waals surface area contributed by atoms with Crippen molar-refractivity contribution in [3.05, 3.63) is 29.8 Å². The van der Waals surface area contributed by atoms with E-state index in [2.05, 4.69) is 0 Å². The van der Waals surface area contributed by atoms with Crippen LogP contribution in [0.4, 0.5) is 0 Å². The summed E-state index contributed by atoms with van der Waals surface area (Å²) in [4.78, 5) is 0.0193. The van der Waals surface area contributed by atoms with E-state index in [-0.39, 0.29) is 35.1 Å². The number of benzene rings is 1. The minimum Gasteiger partial charge on any atom is -0.229 e. The van der Waals surface area contributed by atoms with E-state index in [1.807, 2.05) is 6.07 Å². The van der Waals surface area contributed by atoms with E-state index in [1.165, 1.54) is 24.3 Å². The molecule has 1 fully saturated rings. The highest BCUT2D eigenvalue weighted by molar-refractivity contribution is 7.92. The Labute approximate surface area is 112 Å². The van der Waals surface area contributed by atoms with Gasteiger partial charge in [0.1, 0.15) is 0 Å². The molecule has 8 heteroatoms. The van der Waals surface area contributed by atoms with Crippen LogP contribution in [0.15, 0.2) is 29.2 Å². The lowest BCUT2D eigenvalue weighted by Gasteiger charge is -2.25. The van der Waals surface area contributed by atoms with Crippen molar-refractivity contribution in [1.82, 2.24) is 4.31 Å². The third-order valence-corrected chi connectivity index (χ3v) is 6.41. The summed E-state index contributed by atoms with van der Waals surface area (Å²) in [6, 6.07) is 7.57. The predicted octanol–water partition coefficient (Wildman–Crippen LogP) is -0.0226. The summed E-state index contributed by atoms with van der Waals surface area (Å²) < 4.78 is 48.3. The smallest absolute Gasteiger partial charge is 0.229 e. The highest BCUT2D eigenvalue weighted by Gasteiger charge is 2.31. The summed E-state index contributed by atoms with van der Waals surface area (Å²) in [7, 11) is -6.86. The Bertz CT molecular complexity index is 718. The predicted molar refractivity (Wildman–Crippen MR) is 68.6 cm³/mol. The fourth-order valence-corrected chi connectivity index (χ4v) is 4.73. The maximum Gasteiger partial charge on any atom is 0.243 e. The number of sulfone groups is 1. The molecule has 0 saturated carbocycles. The molecule has 1 heterocycles. The third kappa shape index (κ3) is 2.94. The van der Waals surface area contributed by atoms with Crippen LogP contribution in [0.25, 0.3) is 0 Å². The zero-order chi connectivity index (χ0) is 14.1. The summed E-state index contributed by atoms with van der Waals surface area (Å²) in [5.74, 6) is -0.325. The summed E-state index contributed by atoms with van der Waals surface area (Å²) in [6.07, 6.45) is 0. The molecule has 102 valence electrons. The van der Waals surface area contributed by atoms with Gasteiger partial charge in [-0.25, -0.2) is 16.8 Å². The second-order valence-electron chi connectivity index (χ2n) is 4.20. The van der Waals surface area contributed by atoms with Crippen LogP contribution in [0.2, 0.25) is 0 Å². The minimum absolute atomic E-state index is 0.0193. The lowest BCUT2D eigenvalue weighted by Crippen LogP contribution is -2.43. The quantitative estimate of drug-likeness (QED) is 0.764. The van der Waals surface area contributed by atoms with Gasteiger partial charge in [-0.3, -0.25) is 0 Å². The zero-order valence-electron chi connectivity index (χ0n) is 9.98. The normalized spacial score (nSPS) is 19.7. The van der Waals surface area contributed by atoms with Crippen molar-refractivity contribution < 1.29 is 16.8 Å². The average molecular weight is 300 g/mol. The molecule has 1 aromatic carbocycles. The standard InChI is InChI=1S/C11H12N2O4S2/c12-9-10-2-1-3-11(8-10)19(16,17)13-4-6-18(14,15)7-5-13/h1-3,8H,4-7H2. The second-order valence-corrected chi connectivity index (χ2v) is 8.44. The maximum absolute atomic E-state index is 12.3. The van der Waals surface area contributed by atoms with Crippen molar-refractivity contribution in [1.29, 1.82) is 5.26 Å². The monoisotopic (exact) mass is 300 g/mol. The van der Waals surface area contributed by atoms with Crippen LogP contribution < -0.4 is 0 Å². The van der Waals surface area contributed by atoms with Gasteiger partial charge < -0.3 is 0 Å². The number of nitrogens with zero attached hydrogens (tertiary/aromatic N) is 2. The lowest BCUT2D eigenvalue weighted by molar-refractivity contribution is 0.431. The van der Waals surface area contributed by atoms with E-state index < -0.39 is 19.9 Å². The minimum atomic E-state index is -3.73. The Morgan fingerprint density at radius 1 is 1.21 bits per heavy atom. The van der Waals surface area contributed by atoms with Crippen molar-refractivity contribution in [2.45, 2.75) is 4.90 Å². The largest absolute Gasteiger partial charge is 0.243 e. The molecule has 0 atom stereocenters. The molecule has 2 rings (SSSR count). The van der Waals surface area contributed by atoms with Crippen LogP contribution in [-0.2, 0) is 19.9 Å². The van der Waals surface area contributed by atoms with E-state index in [0.717, 1.165) is 4.31 Å². The molecule has 0 radical (unpaired) electrons. The molecular formula is C11H12N2O4S2. The van der Waals surface area contributed by atoms with Crippen molar-refractivity contribution in [2.75, 3.05) is 24.6 Å². The molecule has 0 aliphatic carbocycles. The van der Waals surface area contributed by atoms with Crippen LogP contribution in [-0.4, -0.2) is 45.7 Å². The summed E-state index contributed by atoms with van der Waals surface area (Å²) in [5, 5.41) is 8.77. The van der Waals surface area contributed by atoms with Gasteiger partial charge in [0.2, 0.25) is 10.0 Å². The van der Waals surface area contributed by atoms with Crippen molar-refractivity contribution in [2.24, 2.45) is 0 Å². The van der Waals surface area contributed by atoms with Gasteiger partial charge in [-0.2, -0.15) is 9.57 Å². The summed E-state index contributed by atoms with van der Waals surface area (Å²) in [6.45, 7) is -0.0805. The first kappa shape index (κ1) is 14.0. The van der Waals surface area contributed by atoms with Gasteiger partial charge in [0.15, 0.2) is 9.84 Å². The summed E-state index contributed by atoms with van der Waals surface area (Å²) >= 11 is 0. The topological polar surface area (TPSA) is 95.3 Å². The van der Waals surface area contributed by atoms with Crippen molar-refractivity contribution >= 4 is 19.9 Å². The molecule has 1 saturated heterocycles. The van der Waals surface area contributed by atoms with Gasteiger partial charge in [-0.1, -0.05) is 6.07 Å². The molecule has 1 aliphatic heterocycles. The molecule has 0 aromatic heterocycles. The number of sulfonamides is 1. The van der Waals surface area contributed by atoms with Crippen LogP contribution in [0.5, 0.6) is 0 Å². The molecule has 0 amide bonds. The second kappa shape index (κ2) is 4.92. The first-order valence-electron chi connectivity index (χ1n) is 5.56. The molecule has 6 nitrogen and oxygen atoms in total. The molecule has 0 unspecified atom stereocenters. The van der Waals surface area contributed by atoms with E-state index >= 15 is 0 Å². The van der Waals surface area contributed by atoms with Gasteiger partial charge in [-0.05, 0) is 18.2 Å². The maximum atomic E-state index is 12.3. The molecule has 1 aromatic rings. The van der Waals surface area contributed by atoms with E-state index in [9.17, 15) is 16.8 Å². The first-order chi connectivity index (χ1) is 8.85. The first-order valence-corrected chi connectivity index (χ1v) is 8.82. The van der Waals surface area contributed by atoms with Crippen LogP contribution >= 0.6 is 0 Å².